The van der Waals surface area contributed by atoms with Gasteiger partial charge in [-0.25, -0.2) is 14.8 Å². The van der Waals surface area contributed by atoms with E-state index in [0.29, 0.717) is 5.56 Å². The third-order valence-electron chi connectivity index (χ3n) is 6.12. The van der Waals surface area contributed by atoms with Gasteiger partial charge in [0.05, 0.1) is 19.5 Å². The standard InChI is InChI=1S/C22H24ClN9O6/c1-2-36-20(35)22(19-26-9-28-31-19,6-11-4-3-5-25-7-11)37-8-12-14(33)15(34)18(38-12)32-10-27-13-16(24)29-21(23)30-17(13)32/h3-5,7,10,12,14-15,18,33-34H,2,6,8-9H2,1H3,(H2,24,29,30)/t12-,14-,15-,18-,22?/m1/s1. The molecule has 1 unspecified atom stereocenters. The number of pyridine rings is 1. The van der Waals surface area contributed by atoms with E-state index in [1.165, 1.54) is 10.9 Å². The van der Waals surface area contributed by atoms with Crippen molar-refractivity contribution >= 4 is 40.4 Å². The molecule has 3 aromatic rings. The molecule has 5 rings (SSSR count). The van der Waals surface area contributed by atoms with Crippen molar-refractivity contribution < 1.29 is 29.2 Å². The molecule has 3 aromatic heterocycles. The maximum Gasteiger partial charge on any atom is 0.346 e. The normalized spacial score (nSPS) is 24.5. The number of halogens is 1. The van der Waals surface area contributed by atoms with Crippen LogP contribution >= 0.6 is 11.6 Å². The van der Waals surface area contributed by atoms with E-state index in [0.717, 1.165) is 0 Å². The second-order valence-corrected chi connectivity index (χ2v) is 8.85. The molecule has 0 aliphatic carbocycles. The first-order valence-electron chi connectivity index (χ1n) is 11.6. The van der Waals surface area contributed by atoms with E-state index in [4.69, 9.17) is 31.5 Å². The number of anilines is 1. The van der Waals surface area contributed by atoms with E-state index in [1.54, 1.807) is 31.5 Å². The van der Waals surface area contributed by atoms with Crippen molar-refractivity contribution in [2.24, 2.45) is 15.2 Å². The number of fused-ring (bicyclic) bond motifs is 1. The topological polar surface area (TPSA) is 205 Å². The summed E-state index contributed by atoms with van der Waals surface area (Å²) in [4.78, 5) is 33.8. The van der Waals surface area contributed by atoms with Gasteiger partial charge < -0.3 is 30.2 Å². The number of amidine groups is 1. The summed E-state index contributed by atoms with van der Waals surface area (Å²) in [5, 5.41) is 29.4. The summed E-state index contributed by atoms with van der Waals surface area (Å²) in [6.07, 6.45) is -0.516. The number of esters is 1. The summed E-state index contributed by atoms with van der Waals surface area (Å²) in [6.45, 7) is 1.42. The quantitative estimate of drug-likeness (QED) is 0.248. The maximum atomic E-state index is 13.3. The summed E-state index contributed by atoms with van der Waals surface area (Å²) in [7, 11) is 0. The minimum atomic E-state index is -1.80. The molecule has 38 heavy (non-hydrogen) atoms. The Morgan fingerprint density at radius 2 is 2.18 bits per heavy atom. The minimum absolute atomic E-state index is 0.0202. The van der Waals surface area contributed by atoms with E-state index in [1.807, 2.05) is 0 Å². The highest BCUT2D eigenvalue weighted by Gasteiger charge is 2.51. The Hall–Kier alpha value is -3.63. The number of aliphatic hydroxyl groups excluding tert-OH is 2. The van der Waals surface area contributed by atoms with Crippen LogP contribution in [-0.4, -0.2) is 90.3 Å². The van der Waals surface area contributed by atoms with Crippen LogP contribution in [-0.2, 0) is 25.4 Å². The fourth-order valence-electron chi connectivity index (χ4n) is 4.31. The first-order chi connectivity index (χ1) is 18.3. The molecule has 1 fully saturated rings. The van der Waals surface area contributed by atoms with Crippen LogP contribution in [0.15, 0.2) is 46.1 Å². The number of carbonyl (C=O) groups excluding carboxylic acids is 1. The molecule has 0 amide bonds. The second-order valence-electron chi connectivity index (χ2n) is 8.51. The van der Waals surface area contributed by atoms with Crippen molar-refractivity contribution in [3.05, 3.63) is 41.7 Å². The molecule has 16 heteroatoms. The van der Waals surface area contributed by atoms with Crippen LogP contribution in [0.25, 0.3) is 11.2 Å². The Morgan fingerprint density at radius 1 is 1.34 bits per heavy atom. The van der Waals surface area contributed by atoms with Gasteiger partial charge in [0.2, 0.25) is 10.9 Å². The molecule has 2 aliphatic heterocycles. The zero-order valence-corrected chi connectivity index (χ0v) is 20.8. The average molecular weight is 546 g/mol. The molecule has 0 spiro atoms. The van der Waals surface area contributed by atoms with Crippen LogP contribution < -0.4 is 5.73 Å². The number of aliphatic hydroxyl groups is 2. The molecule has 1 saturated heterocycles. The Balaban J connectivity index is 1.43. The molecule has 0 saturated carbocycles. The van der Waals surface area contributed by atoms with Crippen molar-refractivity contribution in [1.29, 1.82) is 0 Å². The van der Waals surface area contributed by atoms with Gasteiger partial charge in [0.15, 0.2) is 30.2 Å². The Kier molecular flexibility index (Phi) is 7.27. The van der Waals surface area contributed by atoms with Gasteiger partial charge in [-0.2, -0.15) is 15.1 Å². The second kappa shape index (κ2) is 10.6. The first-order valence-corrected chi connectivity index (χ1v) is 12.0. The van der Waals surface area contributed by atoms with Gasteiger partial charge in [0.25, 0.3) is 0 Å². The molecule has 4 N–H and O–H groups in total. The number of ether oxygens (including phenoxy) is 3. The highest BCUT2D eigenvalue weighted by Crippen LogP contribution is 2.34. The van der Waals surface area contributed by atoms with Crippen LogP contribution in [0.1, 0.15) is 18.7 Å². The van der Waals surface area contributed by atoms with Gasteiger partial charge in [-0.3, -0.25) is 9.55 Å². The van der Waals surface area contributed by atoms with Gasteiger partial charge in [-0.1, -0.05) is 6.07 Å². The lowest BCUT2D eigenvalue weighted by Crippen LogP contribution is -2.53. The number of aromatic nitrogens is 5. The van der Waals surface area contributed by atoms with Crippen molar-refractivity contribution in [2.75, 3.05) is 25.6 Å². The lowest BCUT2D eigenvalue weighted by molar-refractivity contribution is -0.168. The zero-order valence-electron chi connectivity index (χ0n) is 20.1. The number of carbonyl (C=O) groups is 1. The first kappa shape index (κ1) is 26.0. The number of aliphatic imine (C=N–C) groups is 1. The Bertz CT molecular complexity index is 1390. The Morgan fingerprint density at radius 3 is 2.89 bits per heavy atom. The number of imidazole rings is 1. The third-order valence-corrected chi connectivity index (χ3v) is 6.29. The number of nitrogens with zero attached hydrogens (tertiary/aromatic N) is 8. The van der Waals surface area contributed by atoms with Gasteiger partial charge in [0.1, 0.15) is 23.8 Å². The van der Waals surface area contributed by atoms with E-state index in [2.05, 4.69) is 35.2 Å². The molecule has 200 valence electrons. The number of rotatable bonds is 9. The molecular weight excluding hydrogens is 522 g/mol. The van der Waals surface area contributed by atoms with E-state index in [-0.39, 0.29) is 54.4 Å². The lowest BCUT2D eigenvalue weighted by Gasteiger charge is -2.31. The third kappa shape index (κ3) is 4.69. The summed E-state index contributed by atoms with van der Waals surface area (Å²) in [5.74, 6) is -0.671. The number of nitrogen functional groups attached to an aromatic ring is 1. The molecule has 0 bridgehead atoms. The predicted molar refractivity (Wildman–Crippen MR) is 131 cm³/mol. The fraction of sp³-hybridized carbons (Fsp3) is 0.455. The Labute approximate surface area is 220 Å². The number of nitrogens with two attached hydrogens (primary N) is 1. The van der Waals surface area contributed by atoms with Gasteiger partial charge in [-0.15, -0.1) is 5.11 Å². The SMILES string of the molecule is CCOC(=O)C(Cc1cccnc1)(OC[C@H]1O[C@@H](n2cnc3c(N)nc(Cl)nc32)[C@H](O)[C@@H]1O)C1=NCN=N1. The van der Waals surface area contributed by atoms with Gasteiger partial charge in [0, 0.05) is 18.8 Å². The average Bonchev–Trinajstić information content (AvgIpc) is 3.64. The molecule has 0 aromatic carbocycles. The van der Waals surface area contributed by atoms with Crippen molar-refractivity contribution in [2.45, 2.75) is 43.5 Å². The van der Waals surface area contributed by atoms with Gasteiger partial charge >= 0.3 is 5.97 Å². The van der Waals surface area contributed by atoms with Crippen LogP contribution in [0.5, 0.6) is 0 Å². The number of hydrogen-bond donors (Lipinski definition) is 3. The van der Waals surface area contributed by atoms with Crippen LogP contribution in [0.4, 0.5) is 5.82 Å². The largest absolute Gasteiger partial charge is 0.463 e. The summed E-state index contributed by atoms with van der Waals surface area (Å²) < 4.78 is 18.8. The fourth-order valence-corrected chi connectivity index (χ4v) is 4.48. The van der Waals surface area contributed by atoms with Crippen molar-refractivity contribution in [3.8, 4) is 0 Å². The van der Waals surface area contributed by atoms with Crippen LogP contribution in [0.3, 0.4) is 0 Å². The number of hydrogen-bond acceptors (Lipinski definition) is 14. The molecular formula is C22H24ClN9O6. The maximum absolute atomic E-state index is 13.3. The van der Waals surface area contributed by atoms with Crippen molar-refractivity contribution in [3.63, 3.8) is 0 Å². The molecule has 15 nitrogen and oxygen atoms in total. The highest BCUT2D eigenvalue weighted by molar-refractivity contribution is 6.28. The summed E-state index contributed by atoms with van der Waals surface area (Å²) in [6, 6.07) is 3.48. The molecule has 5 heterocycles. The van der Waals surface area contributed by atoms with E-state index in [9.17, 15) is 15.0 Å². The monoisotopic (exact) mass is 545 g/mol. The predicted octanol–water partition coefficient (Wildman–Crippen LogP) is 0.459. The number of azo groups is 1. The van der Waals surface area contributed by atoms with Crippen LogP contribution in [0.2, 0.25) is 5.28 Å². The van der Waals surface area contributed by atoms with E-state index >= 15 is 0 Å². The van der Waals surface area contributed by atoms with Gasteiger partial charge in [-0.05, 0) is 30.2 Å². The molecule has 5 atom stereocenters. The summed E-state index contributed by atoms with van der Waals surface area (Å²) in [5.41, 5.74) is 5.17. The molecule has 0 radical (unpaired) electrons. The summed E-state index contributed by atoms with van der Waals surface area (Å²) >= 11 is 5.95. The van der Waals surface area contributed by atoms with E-state index < -0.39 is 36.1 Å². The smallest absolute Gasteiger partial charge is 0.346 e. The van der Waals surface area contributed by atoms with Crippen molar-refractivity contribution in [1.82, 2.24) is 24.5 Å². The molecule has 2 aliphatic rings. The minimum Gasteiger partial charge on any atom is -0.463 e. The highest BCUT2D eigenvalue weighted by atomic mass is 35.5. The van der Waals surface area contributed by atoms with Crippen LogP contribution in [0, 0.1) is 0 Å². The zero-order chi connectivity index (χ0) is 26.9. The lowest BCUT2D eigenvalue weighted by atomic mass is 9.93.